The molecule has 6 heteroatoms. The Labute approximate surface area is 118 Å². The van der Waals surface area contributed by atoms with E-state index in [1.54, 1.807) is 6.07 Å². The van der Waals surface area contributed by atoms with Crippen LogP contribution >= 0.6 is 0 Å². The molecule has 0 saturated carbocycles. The number of pyridine rings is 1. The van der Waals surface area contributed by atoms with Crippen LogP contribution in [0, 0.1) is 0 Å². The Kier molecular flexibility index (Phi) is 3.15. The van der Waals surface area contributed by atoms with E-state index < -0.39 is 18.1 Å². The Morgan fingerprint density at radius 1 is 1.29 bits per heavy atom. The molecule has 0 radical (unpaired) electrons. The van der Waals surface area contributed by atoms with Crippen molar-refractivity contribution in [2.24, 2.45) is 0 Å². The number of aliphatic carboxylic acids is 1. The van der Waals surface area contributed by atoms with Crippen molar-refractivity contribution in [3.8, 4) is 0 Å². The molecule has 6 nitrogen and oxygen atoms in total. The van der Waals surface area contributed by atoms with Gasteiger partial charge in [0.2, 0.25) is 0 Å². The summed E-state index contributed by atoms with van der Waals surface area (Å²) in [4.78, 5) is 27.6. The average Bonchev–Trinajstić information content (AvgIpc) is 2.46. The molecule has 0 aliphatic carbocycles. The van der Waals surface area contributed by atoms with Crippen LogP contribution < -0.4 is 5.56 Å². The highest BCUT2D eigenvalue weighted by Gasteiger charge is 2.13. The highest BCUT2D eigenvalue weighted by Crippen LogP contribution is 2.20. The lowest BCUT2D eigenvalue weighted by Crippen LogP contribution is -2.23. The molecule has 0 aliphatic heterocycles. The van der Waals surface area contributed by atoms with Crippen LogP contribution in [0.15, 0.2) is 41.3 Å². The first-order valence-electron chi connectivity index (χ1n) is 6.35. The average molecular weight is 284 g/mol. The van der Waals surface area contributed by atoms with Gasteiger partial charge in [0, 0.05) is 17.3 Å². The van der Waals surface area contributed by atoms with E-state index in [1.165, 1.54) is 10.6 Å². The molecule has 2 N–H and O–H groups in total. The molecule has 0 aliphatic rings. The smallest absolute Gasteiger partial charge is 0.309 e. The molecule has 1 aromatic carbocycles. The predicted octanol–water partition coefficient (Wildman–Crippen LogP) is 0.967. The van der Waals surface area contributed by atoms with Crippen molar-refractivity contribution in [3.63, 3.8) is 0 Å². The summed E-state index contributed by atoms with van der Waals surface area (Å²) in [6.07, 6.45) is 1.03. The van der Waals surface area contributed by atoms with Gasteiger partial charge >= 0.3 is 5.97 Å². The number of carboxylic acid groups (broad SMARTS) is 1. The molecule has 2 aromatic heterocycles. The van der Waals surface area contributed by atoms with Crippen LogP contribution in [0.2, 0.25) is 0 Å². The third kappa shape index (κ3) is 2.15. The number of hydrogen-bond acceptors (Lipinski definition) is 4. The van der Waals surface area contributed by atoms with E-state index in [0.717, 1.165) is 10.8 Å². The zero-order valence-corrected chi connectivity index (χ0v) is 11.0. The first-order valence-corrected chi connectivity index (χ1v) is 6.35. The number of fused-ring (bicyclic) bond motifs is 3. The minimum atomic E-state index is -1.03. The first-order chi connectivity index (χ1) is 10.1. The summed E-state index contributed by atoms with van der Waals surface area (Å²) in [6, 6.07) is 8.99. The van der Waals surface area contributed by atoms with Crippen LogP contribution in [-0.2, 0) is 17.8 Å². The lowest BCUT2D eigenvalue weighted by Gasteiger charge is -2.11. The Balaban J connectivity index is 2.51. The number of aromatic nitrogens is 2. The van der Waals surface area contributed by atoms with Crippen LogP contribution in [-0.4, -0.2) is 25.6 Å². The topological polar surface area (TPSA) is 91.9 Å². The highest BCUT2D eigenvalue weighted by atomic mass is 16.4. The molecule has 3 rings (SSSR count). The van der Waals surface area contributed by atoms with Gasteiger partial charge < -0.3 is 10.2 Å². The lowest BCUT2D eigenvalue weighted by atomic mass is 10.1. The van der Waals surface area contributed by atoms with Crippen molar-refractivity contribution in [2.45, 2.75) is 13.0 Å². The Bertz CT molecular complexity index is 915. The van der Waals surface area contributed by atoms with Crippen LogP contribution in [0.1, 0.15) is 11.3 Å². The van der Waals surface area contributed by atoms with Gasteiger partial charge in [-0.2, -0.15) is 0 Å². The second kappa shape index (κ2) is 4.99. The number of nitrogens with zero attached hydrogens (tertiary/aromatic N) is 2. The Morgan fingerprint density at radius 3 is 2.76 bits per heavy atom. The maximum absolute atomic E-state index is 12.4. The van der Waals surface area contributed by atoms with Gasteiger partial charge in [-0.3, -0.25) is 14.0 Å². The maximum atomic E-state index is 12.4. The van der Waals surface area contributed by atoms with Crippen LogP contribution in [0.4, 0.5) is 0 Å². The zero-order valence-electron chi connectivity index (χ0n) is 11.0. The van der Waals surface area contributed by atoms with E-state index in [9.17, 15) is 14.7 Å². The van der Waals surface area contributed by atoms with Gasteiger partial charge in [-0.15, -0.1) is 0 Å². The fraction of sp³-hybridized carbons (Fsp3) is 0.133. The SMILES string of the molecule is O=C(O)Cc1cc2ccccc2c2ncc(CO)c(=O)n12. The number of carboxylic acids is 1. The fourth-order valence-electron chi connectivity index (χ4n) is 2.41. The van der Waals surface area contributed by atoms with Gasteiger partial charge in [-0.1, -0.05) is 24.3 Å². The normalized spacial score (nSPS) is 11.1. The molecule has 0 fully saturated rings. The monoisotopic (exact) mass is 284 g/mol. The second-order valence-corrected chi connectivity index (χ2v) is 4.70. The van der Waals surface area contributed by atoms with E-state index in [1.807, 2.05) is 24.3 Å². The first kappa shape index (κ1) is 13.3. The third-order valence-corrected chi connectivity index (χ3v) is 3.35. The van der Waals surface area contributed by atoms with Crippen molar-refractivity contribution < 1.29 is 15.0 Å². The van der Waals surface area contributed by atoms with Crippen LogP contribution in [0.3, 0.4) is 0 Å². The van der Waals surface area contributed by atoms with Gasteiger partial charge in [0.15, 0.2) is 0 Å². The minimum Gasteiger partial charge on any atom is -0.481 e. The van der Waals surface area contributed by atoms with E-state index in [4.69, 9.17) is 5.11 Å². The molecule has 0 spiro atoms. The molecule has 106 valence electrons. The number of aliphatic hydroxyl groups excluding tert-OH is 1. The number of aliphatic hydroxyl groups is 1. The Morgan fingerprint density at radius 2 is 2.05 bits per heavy atom. The van der Waals surface area contributed by atoms with Crippen molar-refractivity contribution in [2.75, 3.05) is 0 Å². The summed E-state index contributed by atoms with van der Waals surface area (Å²) in [7, 11) is 0. The Hall–Kier alpha value is -2.73. The van der Waals surface area contributed by atoms with Crippen molar-refractivity contribution in [1.82, 2.24) is 9.38 Å². The summed E-state index contributed by atoms with van der Waals surface area (Å²) >= 11 is 0. The van der Waals surface area contributed by atoms with Crippen LogP contribution in [0.5, 0.6) is 0 Å². The summed E-state index contributed by atoms with van der Waals surface area (Å²) in [6.45, 7) is -0.436. The highest BCUT2D eigenvalue weighted by molar-refractivity contribution is 5.94. The van der Waals surface area contributed by atoms with Gasteiger partial charge in [-0.25, -0.2) is 4.98 Å². The standard InChI is InChI=1S/C15H12N2O4/c18-8-10-7-16-14-12-4-2-1-3-9(12)5-11(6-13(19)20)17(14)15(10)21/h1-5,7,18H,6,8H2,(H,19,20). The zero-order chi connectivity index (χ0) is 15.0. The van der Waals surface area contributed by atoms with Crippen molar-refractivity contribution in [1.29, 1.82) is 0 Å². The molecule has 21 heavy (non-hydrogen) atoms. The van der Waals surface area contributed by atoms with E-state index >= 15 is 0 Å². The molecule has 0 saturated heterocycles. The lowest BCUT2D eigenvalue weighted by molar-refractivity contribution is -0.136. The van der Waals surface area contributed by atoms with Crippen molar-refractivity contribution in [3.05, 3.63) is 58.1 Å². The molecular formula is C15H12N2O4. The molecule has 3 aromatic rings. The van der Waals surface area contributed by atoms with Gasteiger partial charge in [0.25, 0.3) is 5.56 Å². The summed E-state index contributed by atoms with van der Waals surface area (Å²) in [5.74, 6) is -1.03. The van der Waals surface area contributed by atoms with Gasteiger partial charge in [0.1, 0.15) is 5.65 Å². The summed E-state index contributed by atoms with van der Waals surface area (Å²) in [5.41, 5.74) is 0.425. The number of carbonyl (C=O) groups is 1. The predicted molar refractivity (Wildman–Crippen MR) is 76.2 cm³/mol. The van der Waals surface area contributed by atoms with Gasteiger partial charge in [0.05, 0.1) is 18.6 Å². The molecule has 2 heterocycles. The quantitative estimate of drug-likeness (QED) is 0.699. The molecule has 0 amide bonds. The maximum Gasteiger partial charge on any atom is 0.309 e. The second-order valence-electron chi connectivity index (χ2n) is 4.70. The largest absolute Gasteiger partial charge is 0.481 e. The summed E-state index contributed by atoms with van der Waals surface area (Å²) in [5, 5.41) is 19.8. The molecular weight excluding hydrogens is 272 g/mol. The minimum absolute atomic E-state index is 0.134. The number of rotatable bonds is 3. The van der Waals surface area contributed by atoms with E-state index in [0.29, 0.717) is 11.3 Å². The molecule has 0 bridgehead atoms. The fourth-order valence-corrected chi connectivity index (χ4v) is 2.41. The molecule has 0 unspecified atom stereocenters. The number of hydrogen-bond donors (Lipinski definition) is 2. The number of benzene rings is 1. The van der Waals surface area contributed by atoms with E-state index in [2.05, 4.69) is 4.98 Å². The van der Waals surface area contributed by atoms with Crippen molar-refractivity contribution >= 4 is 22.4 Å². The van der Waals surface area contributed by atoms with E-state index in [-0.39, 0.29) is 12.0 Å². The summed E-state index contributed by atoms with van der Waals surface area (Å²) < 4.78 is 1.27. The van der Waals surface area contributed by atoms with Gasteiger partial charge in [-0.05, 0) is 11.5 Å². The van der Waals surface area contributed by atoms with Crippen LogP contribution in [0.25, 0.3) is 16.4 Å². The molecule has 0 atom stereocenters. The third-order valence-electron chi connectivity index (χ3n) is 3.35.